The molecule has 2 unspecified atom stereocenters. The summed E-state index contributed by atoms with van der Waals surface area (Å²) in [6, 6.07) is 0. The molecule has 0 aromatic rings. The third kappa shape index (κ3) is 15.3. The van der Waals surface area contributed by atoms with Gasteiger partial charge in [-0.05, 0) is 64.4 Å². The van der Waals surface area contributed by atoms with Gasteiger partial charge in [-0.15, -0.1) is 0 Å². The fourth-order valence-electron chi connectivity index (χ4n) is 2.53. The molecule has 0 aliphatic heterocycles. The lowest BCUT2D eigenvalue weighted by Crippen LogP contribution is -2.19. The zero-order valence-electron chi connectivity index (χ0n) is 17.6. The molecule has 0 saturated heterocycles. The third-order valence-corrected chi connectivity index (χ3v) is 4.31. The molecule has 2 atom stereocenters. The van der Waals surface area contributed by atoms with Crippen molar-refractivity contribution in [3.8, 4) is 0 Å². The van der Waals surface area contributed by atoms with Gasteiger partial charge in [0.25, 0.3) is 0 Å². The van der Waals surface area contributed by atoms with Crippen LogP contribution >= 0.6 is 0 Å². The van der Waals surface area contributed by atoms with E-state index in [1.807, 2.05) is 13.8 Å². The topological polar surface area (TPSA) is 87.0 Å². The summed E-state index contributed by atoms with van der Waals surface area (Å²) in [7, 11) is 0. The number of rotatable bonds is 13. The smallest absolute Gasteiger partial charge is 0.302 e. The average molecular weight is 383 g/mol. The minimum absolute atomic E-state index is 0.0535. The first-order valence-corrected chi connectivity index (χ1v) is 9.72. The molecule has 156 valence electrons. The Morgan fingerprint density at radius 1 is 1.19 bits per heavy atom. The lowest BCUT2D eigenvalue weighted by Gasteiger charge is -2.18. The Hall–Kier alpha value is -1.43. The first-order chi connectivity index (χ1) is 12.5. The van der Waals surface area contributed by atoms with Gasteiger partial charge in [0, 0.05) is 6.92 Å². The maximum absolute atomic E-state index is 11.1. The number of aliphatic hydroxyl groups excluding tert-OH is 2. The molecular weight excluding hydrogens is 344 g/mol. The van der Waals surface area contributed by atoms with Crippen molar-refractivity contribution in [2.24, 2.45) is 5.92 Å². The molecule has 0 aliphatic carbocycles. The molecule has 0 fully saturated rings. The Morgan fingerprint density at radius 3 is 2.41 bits per heavy atom. The van der Waals surface area contributed by atoms with Crippen LogP contribution in [-0.2, 0) is 9.53 Å². The standard InChI is InChI=1S/C22H38O5/c1-17(13-15-23)8-6-10-20(16-27-19(3)24)11-7-9-18(2)21(25)12-14-22(4,5)26/h10,12-14,18,21,23,25-26H,6-9,11,15-16H2,1-5H3. The molecular formula is C22H38O5. The van der Waals surface area contributed by atoms with Crippen LogP contribution in [-0.4, -0.2) is 46.2 Å². The maximum atomic E-state index is 11.1. The molecule has 3 N–H and O–H groups in total. The van der Waals surface area contributed by atoms with Gasteiger partial charge in [-0.25, -0.2) is 0 Å². The molecule has 0 amide bonds. The Morgan fingerprint density at radius 2 is 1.85 bits per heavy atom. The van der Waals surface area contributed by atoms with Crippen LogP contribution in [0.2, 0.25) is 0 Å². The second-order valence-electron chi connectivity index (χ2n) is 7.79. The zero-order chi connectivity index (χ0) is 20.9. The number of aliphatic hydroxyl groups is 3. The number of hydrogen-bond acceptors (Lipinski definition) is 5. The largest absolute Gasteiger partial charge is 0.461 e. The van der Waals surface area contributed by atoms with E-state index in [1.165, 1.54) is 6.92 Å². The number of esters is 1. The van der Waals surface area contributed by atoms with Crippen molar-refractivity contribution in [1.82, 2.24) is 0 Å². The first kappa shape index (κ1) is 25.6. The van der Waals surface area contributed by atoms with Crippen LogP contribution in [0, 0.1) is 5.92 Å². The van der Waals surface area contributed by atoms with Crippen LogP contribution in [0.5, 0.6) is 0 Å². The van der Waals surface area contributed by atoms with Gasteiger partial charge in [-0.1, -0.05) is 36.8 Å². The Balaban J connectivity index is 4.55. The summed E-state index contributed by atoms with van der Waals surface area (Å²) in [5.74, 6) is -0.217. The van der Waals surface area contributed by atoms with Gasteiger partial charge in [0.1, 0.15) is 6.61 Å². The quantitative estimate of drug-likeness (QED) is 0.334. The second kappa shape index (κ2) is 13.7. The third-order valence-electron chi connectivity index (χ3n) is 4.31. The van der Waals surface area contributed by atoms with Crippen LogP contribution in [0.3, 0.4) is 0 Å². The minimum atomic E-state index is -0.927. The molecule has 0 aliphatic rings. The highest BCUT2D eigenvalue weighted by Crippen LogP contribution is 2.19. The van der Waals surface area contributed by atoms with E-state index in [-0.39, 0.29) is 18.5 Å². The van der Waals surface area contributed by atoms with Crippen molar-refractivity contribution in [2.45, 2.75) is 78.4 Å². The van der Waals surface area contributed by atoms with Gasteiger partial charge in [-0.3, -0.25) is 4.79 Å². The molecule has 0 heterocycles. The number of allylic oxidation sites excluding steroid dienone is 2. The molecule has 0 rings (SSSR count). The van der Waals surface area contributed by atoms with Crippen molar-refractivity contribution in [2.75, 3.05) is 13.2 Å². The van der Waals surface area contributed by atoms with Gasteiger partial charge in [0.05, 0.1) is 18.3 Å². The van der Waals surface area contributed by atoms with Crippen molar-refractivity contribution in [3.63, 3.8) is 0 Å². The minimum Gasteiger partial charge on any atom is -0.461 e. The number of carbonyl (C=O) groups excluding carboxylic acids is 1. The lowest BCUT2D eigenvalue weighted by atomic mass is 9.94. The summed E-state index contributed by atoms with van der Waals surface area (Å²) in [5.41, 5.74) is 1.29. The number of carbonyl (C=O) groups is 1. The molecule has 0 bridgehead atoms. The average Bonchev–Trinajstić information content (AvgIpc) is 2.56. The number of hydrogen-bond donors (Lipinski definition) is 3. The highest BCUT2D eigenvalue weighted by molar-refractivity contribution is 5.66. The fraction of sp³-hybridized carbons (Fsp3) is 0.682. The predicted octanol–water partition coefficient (Wildman–Crippen LogP) is 3.69. The van der Waals surface area contributed by atoms with E-state index < -0.39 is 11.7 Å². The van der Waals surface area contributed by atoms with Gasteiger partial charge in [0.15, 0.2) is 0 Å². The maximum Gasteiger partial charge on any atom is 0.302 e. The van der Waals surface area contributed by atoms with Gasteiger partial charge in [0.2, 0.25) is 0 Å². The number of ether oxygens (including phenoxy) is 1. The highest BCUT2D eigenvalue weighted by atomic mass is 16.5. The second-order valence-corrected chi connectivity index (χ2v) is 7.79. The first-order valence-electron chi connectivity index (χ1n) is 9.72. The van der Waals surface area contributed by atoms with E-state index in [9.17, 15) is 15.0 Å². The predicted molar refractivity (Wildman–Crippen MR) is 109 cm³/mol. The molecule has 5 heteroatoms. The van der Waals surface area contributed by atoms with E-state index in [4.69, 9.17) is 9.84 Å². The lowest BCUT2D eigenvalue weighted by molar-refractivity contribution is -0.140. The monoisotopic (exact) mass is 382 g/mol. The molecule has 0 saturated carbocycles. The van der Waals surface area contributed by atoms with Crippen LogP contribution in [0.15, 0.2) is 35.5 Å². The Bertz CT molecular complexity index is 511. The molecule has 27 heavy (non-hydrogen) atoms. The Kier molecular flexibility index (Phi) is 13.0. The highest BCUT2D eigenvalue weighted by Gasteiger charge is 2.14. The fourth-order valence-corrected chi connectivity index (χ4v) is 2.53. The van der Waals surface area contributed by atoms with Crippen LogP contribution in [0.4, 0.5) is 0 Å². The van der Waals surface area contributed by atoms with Crippen molar-refractivity contribution >= 4 is 5.97 Å². The van der Waals surface area contributed by atoms with Crippen LogP contribution in [0.1, 0.15) is 66.7 Å². The van der Waals surface area contributed by atoms with Crippen LogP contribution < -0.4 is 0 Å². The summed E-state index contributed by atoms with van der Waals surface area (Å²) in [5, 5.41) is 28.8. The molecule has 0 aromatic heterocycles. The molecule has 5 nitrogen and oxygen atoms in total. The molecule has 0 radical (unpaired) electrons. The van der Waals surface area contributed by atoms with Crippen molar-refractivity contribution < 1.29 is 24.9 Å². The van der Waals surface area contributed by atoms with Gasteiger partial charge < -0.3 is 20.1 Å². The van der Waals surface area contributed by atoms with Gasteiger partial charge >= 0.3 is 5.97 Å². The van der Waals surface area contributed by atoms with E-state index in [2.05, 4.69) is 6.08 Å². The summed E-state index contributed by atoms with van der Waals surface area (Å²) < 4.78 is 5.14. The van der Waals surface area contributed by atoms with E-state index in [0.717, 1.165) is 43.3 Å². The van der Waals surface area contributed by atoms with E-state index >= 15 is 0 Å². The SMILES string of the molecule is CC(=O)OCC(=CCCC(C)=CCO)CCCC(C)C(O)C=CC(C)(C)O. The Labute approximate surface area is 164 Å². The van der Waals surface area contributed by atoms with Gasteiger partial charge in [-0.2, -0.15) is 0 Å². The summed E-state index contributed by atoms with van der Waals surface area (Å²) in [6.45, 7) is 9.07. The van der Waals surface area contributed by atoms with Crippen molar-refractivity contribution in [3.05, 3.63) is 35.5 Å². The molecule has 0 aromatic carbocycles. The van der Waals surface area contributed by atoms with Crippen molar-refractivity contribution in [1.29, 1.82) is 0 Å². The summed E-state index contributed by atoms with van der Waals surface area (Å²) in [4.78, 5) is 11.1. The zero-order valence-corrected chi connectivity index (χ0v) is 17.6. The normalized spacial score (nSPS) is 15.9. The van der Waals surface area contributed by atoms with Crippen LogP contribution in [0.25, 0.3) is 0 Å². The molecule has 0 spiro atoms. The van der Waals surface area contributed by atoms with E-state index in [0.29, 0.717) is 6.61 Å². The van der Waals surface area contributed by atoms with E-state index in [1.54, 1.807) is 32.1 Å². The summed E-state index contributed by atoms with van der Waals surface area (Å²) in [6.07, 6.45) is 10.8. The summed E-state index contributed by atoms with van der Waals surface area (Å²) >= 11 is 0.